The molecule has 0 saturated heterocycles. The highest BCUT2D eigenvalue weighted by molar-refractivity contribution is 8.00. The van der Waals surface area contributed by atoms with Crippen molar-refractivity contribution < 1.29 is 9.59 Å². The Hall–Kier alpha value is -2.54. The van der Waals surface area contributed by atoms with Crippen molar-refractivity contribution in [1.29, 1.82) is 0 Å². The van der Waals surface area contributed by atoms with Gasteiger partial charge in [0, 0.05) is 11.1 Å². The lowest BCUT2D eigenvalue weighted by molar-refractivity contribution is -0.115. The molecule has 2 amide bonds. The van der Waals surface area contributed by atoms with E-state index in [1.165, 1.54) is 18.0 Å². The first kappa shape index (κ1) is 14.9. The fourth-order valence-electron chi connectivity index (χ4n) is 1.63. The summed E-state index contributed by atoms with van der Waals surface area (Å²) < 4.78 is 0. The quantitative estimate of drug-likeness (QED) is 0.725. The fourth-order valence-corrected chi connectivity index (χ4v) is 2.38. The molecule has 2 aromatic rings. The maximum Gasteiger partial charge on any atom is 0.276 e. The Kier molecular flexibility index (Phi) is 4.78. The van der Waals surface area contributed by atoms with E-state index in [0.717, 1.165) is 4.90 Å². The van der Waals surface area contributed by atoms with Crippen LogP contribution in [0.15, 0.2) is 47.5 Å². The second-order valence-electron chi connectivity index (χ2n) is 4.15. The van der Waals surface area contributed by atoms with Gasteiger partial charge in [0.15, 0.2) is 5.69 Å². The number of pyridine rings is 1. The van der Waals surface area contributed by atoms with E-state index in [4.69, 9.17) is 11.5 Å². The highest BCUT2D eigenvalue weighted by atomic mass is 32.2. The average molecular weight is 302 g/mol. The van der Waals surface area contributed by atoms with Gasteiger partial charge in [-0.15, -0.1) is 11.8 Å². The highest BCUT2D eigenvalue weighted by Gasteiger charge is 2.13. The minimum atomic E-state index is -0.421. The third-order valence-electron chi connectivity index (χ3n) is 2.56. The summed E-state index contributed by atoms with van der Waals surface area (Å²) in [4.78, 5) is 27.7. The van der Waals surface area contributed by atoms with Crippen LogP contribution in [-0.4, -0.2) is 22.6 Å². The van der Waals surface area contributed by atoms with Crippen molar-refractivity contribution in [2.45, 2.75) is 4.90 Å². The molecule has 5 N–H and O–H groups in total. The Labute approximate surface area is 125 Å². The van der Waals surface area contributed by atoms with E-state index in [1.54, 1.807) is 30.3 Å². The molecule has 6 nitrogen and oxygen atoms in total. The standard InChI is InChI=1S/C14H14N4O2S/c15-9-4-3-7-17-13(9)14(20)18-10-5-1-2-6-11(10)21-8-12(16)19/h1-7H,8,15H2,(H2,16,19)(H,18,20). The number of primary amides is 1. The zero-order valence-corrected chi connectivity index (χ0v) is 11.9. The number of nitrogens with zero attached hydrogens (tertiary/aromatic N) is 1. The van der Waals surface area contributed by atoms with E-state index < -0.39 is 11.8 Å². The zero-order chi connectivity index (χ0) is 15.2. The SMILES string of the molecule is NC(=O)CSc1ccccc1NC(=O)c1ncccc1N. The van der Waals surface area contributed by atoms with Gasteiger partial charge in [0.05, 0.1) is 17.1 Å². The van der Waals surface area contributed by atoms with Gasteiger partial charge >= 0.3 is 0 Å². The van der Waals surface area contributed by atoms with E-state index >= 15 is 0 Å². The van der Waals surface area contributed by atoms with E-state index in [-0.39, 0.29) is 11.4 Å². The molecule has 0 fully saturated rings. The number of para-hydroxylation sites is 1. The van der Waals surface area contributed by atoms with Crippen molar-refractivity contribution in [1.82, 2.24) is 4.98 Å². The minimum Gasteiger partial charge on any atom is -0.397 e. The number of rotatable bonds is 5. The van der Waals surface area contributed by atoms with Crippen LogP contribution in [0, 0.1) is 0 Å². The molecule has 0 unspecified atom stereocenters. The van der Waals surface area contributed by atoms with Gasteiger partial charge in [-0.1, -0.05) is 12.1 Å². The van der Waals surface area contributed by atoms with Crippen LogP contribution in [0.5, 0.6) is 0 Å². The largest absolute Gasteiger partial charge is 0.397 e. The molecule has 0 aliphatic heterocycles. The summed E-state index contributed by atoms with van der Waals surface area (Å²) in [6, 6.07) is 10.4. The topological polar surface area (TPSA) is 111 Å². The van der Waals surface area contributed by atoms with Crippen LogP contribution in [0.2, 0.25) is 0 Å². The van der Waals surface area contributed by atoms with Crippen molar-refractivity contribution in [3.63, 3.8) is 0 Å². The van der Waals surface area contributed by atoms with Crippen LogP contribution in [-0.2, 0) is 4.79 Å². The van der Waals surface area contributed by atoms with E-state index in [2.05, 4.69) is 10.3 Å². The van der Waals surface area contributed by atoms with Crippen LogP contribution < -0.4 is 16.8 Å². The van der Waals surface area contributed by atoms with Gasteiger partial charge in [-0.05, 0) is 24.3 Å². The number of anilines is 2. The lowest BCUT2D eigenvalue weighted by Gasteiger charge is -2.10. The van der Waals surface area contributed by atoms with Gasteiger partial charge in [-0.2, -0.15) is 0 Å². The first-order valence-electron chi connectivity index (χ1n) is 6.10. The summed E-state index contributed by atoms with van der Waals surface area (Å²) >= 11 is 1.26. The summed E-state index contributed by atoms with van der Waals surface area (Å²) in [6.45, 7) is 0. The third-order valence-corrected chi connectivity index (χ3v) is 3.66. The van der Waals surface area contributed by atoms with Crippen LogP contribution in [0.3, 0.4) is 0 Å². The monoisotopic (exact) mass is 302 g/mol. The molecular formula is C14H14N4O2S. The van der Waals surface area contributed by atoms with Crippen LogP contribution in [0.1, 0.15) is 10.5 Å². The van der Waals surface area contributed by atoms with Gasteiger partial charge in [0.2, 0.25) is 5.91 Å². The average Bonchev–Trinajstić information content (AvgIpc) is 2.46. The van der Waals surface area contributed by atoms with E-state index in [9.17, 15) is 9.59 Å². The second kappa shape index (κ2) is 6.76. The lowest BCUT2D eigenvalue weighted by Crippen LogP contribution is -2.17. The molecule has 0 spiro atoms. The number of aromatic nitrogens is 1. The fraction of sp³-hybridized carbons (Fsp3) is 0.0714. The predicted molar refractivity (Wildman–Crippen MR) is 83.0 cm³/mol. The number of benzene rings is 1. The number of carbonyl (C=O) groups is 2. The van der Waals surface area contributed by atoms with Crippen molar-refractivity contribution in [2.24, 2.45) is 5.73 Å². The van der Waals surface area contributed by atoms with Crippen molar-refractivity contribution in [2.75, 3.05) is 16.8 Å². The Balaban J connectivity index is 2.18. The second-order valence-corrected chi connectivity index (χ2v) is 5.16. The Bertz CT molecular complexity index is 676. The molecule has 1 aromatic heterocycles. The Morgan fingerprint density at radius 1 is 1.19 bits per heavy atom. The maximum atomic E-state index is 12.2. The number of thioether (sulfide) groups is 1. The normalized spacial score (nSPS) is 10.1. The molecule has 0 bridgehead atoms. The number of nitrogen functional groups attached to an aromatic ring is 1. The number of amides is 2. The molecule has 1 aromatic carbocycles. The molecule has 0 aliphatic rings. The highest BCUT2D eigenvalue weighted by Crippen LogP contribution is 2.27. The number of carbonyl (C=O) groups excluding carboxylic acids is 2. The van der Waals surface area contributed by atoms with Crippen LogP contribution in [0.4, 0.5) is 11.4 Å². The summed E-state index contributed by atoms with van der Waals surface area (Å²) in [5.74, 6) is -0.686. The van der Waals surface area contributed by atoms with Gasteiger partial charge < -0.3 is 16.8 Å². The number of nitrogens with two attached hydrogens (primary N) is 2. The summed E-state index contributed by atoms with van der Waals surface area (Å²) in [5, 5.41) is 2.74. The van der Waals surface area contributed by atoms with E-state index in [1.807, 2.05) is 6.07 Å². The van der Waals surface area contributed by atoms with Gasteiger partial charge in [0.1, 0.15) is 0 Å². The molecular weight excluding hydrogens is 288 g/mol. The van der Waals surface area contributed by atoms with Crippen molar-refractivity contribution in [3.8, 4) is 0 Å². The zero-order valence-electron chi connectivity index (χ0n) is 11.1. The summed E-state index contributed by atoms with van der Waals surface area (Å²) in [6.07, 6.45) is 1.50. The van der Waals surface area contributed by atoms with Gasteiger partial charge in [0.25, 0.3) is 5.91 Å². The molecule has 0 aliphatic carbocycles. The maximum absolute atomic E-state index is 12.2. The van der Waals surface area contributed by atoms with E-state index in [0.29, 0.717) is 11.4 Å². The predicted octanol–water partition coefficient (Wildman–Crippen LogP) is 1.49. The Morgan fingerprint density at radius 3 is 2.67 bits per heavy atom. The molecule has 2 rings (SSSR count). The van der Waals surface area contributed by atoms with Crippen molar-refractivity contribution >= 4 is 35.0 Å². The third kappa shape index (κ3) is 3.96. The summed E-state index contributed by atoms with van der Waals surface area (Å²) in [7, 11) is 0. The molecule has 0 radical (unpaired) electrons. The number of nitrogens with one attached hydrogen (secondary N) is 1. The molecule has 108 valence electrons. The number of hydrogen-bond donors (Lipinski definition) is 3. The minimum absolute atomic E-state index is 0.138. The molecule has 0 atom stereocenters. The van der Waals surface area contributed by atoms with Crippen LogP contribution >= 0.6 is 11.8 Å². The molecule has 21 heavy (non-hydrogen) atoms. The summed E-state index contributed by atoms with van der Waals surface area (Å²) in [5.41, 5.74) is 11.9. The van der Waals surface area contributed by atoms with Gasteiger partial charge in [-0.3, -0.25) is 9.59 Å². The smallest absolute Gasteiger partial charge is 0.276 e. The van der Waals surface area contributed by atoms with Gasteiger partial charge in [-0.25, -0.2) is 4.98 Å². The van der Waals surface area contributed by atoms with Crippen LogP contribution in [0.25, 0.3) is 0 Å². The molecule has 1 heterocycles. The first-order valence-corrected chi connectivity index (χ1v) is 7.08. The lowest BCUT2D eigenvalue weighted by atomic mass is 10.2. The molecule has 7 heteroatoms. The van der Waals surface area contributed by atoms with Crippen molar-refractivity contribution in [3.05, 3.63) is 48.3 Å². The first-order chi connectivity index (χ1) is 10.1. The Morgan fingerprint density at radius 2 is 1.95 bits per heavy atom. The number of hydrogen-bond acceptors (Lipinski definition) is 5. The molecule has 0 saturated carbocycles.